The monoisotopic (exact) mass is 382 g/mol. The van der Waals surface area contributed by atoms with Gasteiger partial charge in [0.1, 0.15) is 17.9 Å². The largest absolute Gasteiger partial charge is 0.492 e. The number of esters is 1. The smallest absolute Gasteiger partial charge is 0.337 e. The summed E-state index contributed by atoms with van der Waals surface area (Å²) in [5.74, 6) is -0.298. The van der Waals surface area contributed by atoms with Crippen LogP contribution in [0.4, 0.5) is 4.79 Å². The van der Waals surface area contributed by atoms with Gasteiger partial charge in [-0.1, -0.05) is 43.3 Å². The first-order chi connectivity index (χ1) is 13.5. The maximum absolute atomic E-state index is 13.0. The number of ether oxygens (including phenoxy) is 2. The SMILES string of the molecule is CC[C@@]1(c2ccccc2)NC(=O)N(CCOc2cccc(C(=O)OC)c2)C1=O. The van der Waals surface area contributed by atoms with E-state index >= 15 is 0 Å². The number of hydrogen-bond acceptors (Lipinski definition) is 5. The zero-order chi connectivity index (χ0) is 20.1. The first-order valence-corrected chi connectivity index (χ1v) is 9.02. The van der Waals surface area contributed by atoms with Crippen molar-refractivity contribution in [1.29, 1.82) is 0 Å². The fourth-order valence-electron chi connectivity index (χ4n) is 3.28. The molecule has 1 aliphatic heterocycles. The maximum atomic E-state index is 13.0. The number of nitrogens with one attached hydrogen (secondary N) is 1. The Hall–Kier alpha value is -3.35. The standard InChI is InChI=1S/C21H22N2O5/c1-3-21(16-9-5-4-6-10-16)19(25)23(20(26)22-21)12-13-28-17-11-7-8-15(14-17)18(24)27-2/h4-11,14H,3,12-13H2,1-2H3,(H,22,26)/t21-/m0/s1. The molecule has 2 aromatic carbocycles. The summed E-state index contributed by atoms with van der Waals surface area (Å²) in [7, 11) is 1.31. The quantitative estimate of drug-likeness (QED) is 0.588. The molecule has 0 saturated carbocycles. The van der Waals surface area contributed by atoms with Gasteiger partial charge in [-0.3, -0.25) is 9.69 Å². The highest BCUT2D eigenvalue weighted by atomic mass is 16.5. The molecule has 0 unspecified atom stereocenters. The molecule has 2 aromatic rings. The van der Waals surface area contributed by atoms with Crippen molar-refractivity contribution < 1.29 is 23.9 Å². The number of amides is 3. The van der Waals surface area contributed by atoms with E-state index in [1.165, 1.54) is 12.0 Å². The molecule has 28 heavy (non-hydrogen) atoms. The van der Waals surface area contributed by atoms with Crippen LogP contribution in [0.1, 0.15) is 29.3 Å². The van der Waals surface area contributed by atoms with Crippen molar-refractivity contribution in [3.63, 3.8) is 0 Å². The lowest BCUT2D eigenvalue weighted by Crippen LogP contribution is -2.43. The lowest BCUT2D eigenvalue weighted by molar-refractivity contribution is -0.132. The zero-order valence-electron chi connectivity index (χ0n) is 15.8. The highest BCUT2D eigenvalue weighted by Crippen LogP contribution is 2.32. The van der Waals surface area contributed by atoms with Crippen LogP contribution in [-0.4, -0.2) is 43.1 Å². The van der Waals surface area contributed by atoms with E-state index in [1.807, 2.05) is 37.3 Å². The average Bonchev–Trinajstić information content (AvgIpc) is 2.99. The van der Waals surface area contributed by atoms with E-state index in [0.29, 0.717) is 17.7 Å². The highest BCUT2D eigenvalue weighted by molar-refractivity contribution is 6.07. The van der Waals surface area contributed by atoms with Gasteiger partial charge in [-0.15, -0.1) is 0 Å². The number of rotatable bonds is 7. The topological polar surface area (TPSA) is 84.9 Å². The number of benzene rings is 2. The van der Waals surface area contributed by atoms with Crippen LogP contribution in [0.15, 0.2) is 54.6 Å². The summed E-state index contributed by atoms with van der Waals surface area (Å²) in [5.41, 5.74) is 0.0671. The molecule has 0 aliphatic carbocycles. The number of carbonyl (C=O) groups excluding carboxylic acids is 3. The number of hydrogen-bond donors (Lipinski definition) is 1. The third-order valence-corrected chi connectivity index (χ3v) is 4.81. The lowest BCUT2D eigenvalue weighted by Gasteiger charge is -2.25. The molecule has 1 heterocycles. The highest BCUT2D eigenvalue weighted by Gasteiger charge is 2.50. The number of methoxy groups -OCH3 is 1. The summed E-state index contributed by atoms with van der Waals surface area (Å²) in [4.78, 5) is 38.2. The minimum Gasteiger partial charge on any atom is -0.492 e. The Morgan fingerprint density at radius 1 is 1.11 bits per heavy atom. The summed E-state index contributed by atoms with van der Waals surface area (Å²) >= 11 is 0. The van der Waals surface area contributed by atoms with Crippen LogP contribution in [0.5, 0.6) is 5.75 Å². The summed E-state index contributed by atoms with van der Waals surface area (Å²) in [6.07, 6.45) is 0.445. The molecule has 0 radical (unpaired) electrons. The molecule has 0 spiro atoms. The van der Waals surface area contributed by atoms with E-state index in [2.05, 4.69) is 10.1 Å². The molecule has 1 N–H and O–H groups in total. The molecule has 146 valence electrons. The van der Waals surface area contributed by atoms with Gasteiger partial charge >= 0.3 is 12.0 Å². The van der Waals surface area contributed by atoms with Crippen LogP contribution in [-0.2, 0) is 15.1 Å². The summed E-state index contributed by atoms with van der Waals surface area (Å²) in [6, 6.07) is 15.3. The molecular formula is C21H22N2O5. The lowest BCUT2D eigenvalue weighted by atomic mass is 9.87. The number of urea groups is 1. The fourth-order valence-corrected chi connectivity index (χ4v) is 3.28. The summed E-state index contributed by atoms with van der Waals surface area (Å²) in [6.45, 7) is 2.07. The summed E-state index contributed by atoms with van der Waals surface area (Å²) < 4.78 is 10.3. The van der Waals surface area contributed by atoms with Gasteiger partial charge in [0.05, 0.1) is 19.2 Å². The minimum absolute atomic E-state index is 0.0989. The maximum Gasteiger partial charge on any atom is 0.337 e. The fraction of sp³-hybridized carbons (Fsp3) is 0.286. The Balaban J connectivity index is 1.68. The second kappa shape index (κ2) is 8.12. The van der Waals surface area contributed by atoms with Crippen molar-refractivity contribution in [3.05, 3.63) is 65.7 Å². The van der Waals surface area contributed by atoms with Crippen LogP contribution in [0.2, 0.25) is 0 Å². The number of imide groups is 1. The van der Waals surface area contributed by atoms with Crippen molar-refractivity contribution in [3.8, 4) is 5.75 Å². The molecule has 7 heteroatoms. The van der Waals surface area contributed by atoms with Crippen LogP contribution in [0, 0.1) is 0 Å². The van der Waals surface area contributed by atoms with E-state index < -0.39 is 17.5 Å². The molecule has 1 fully saturated rings. The van der Waals surface area contributed by atoms with E-state index in [4.69, 9.17) is 4.74 Å². The van der Waals surface area contributed by atoms with Crippen molar-refractivity contribution in [2.24, 2.45) is 0 Å². The van der Waals surface area contributed by atoms with Crippen LogP contribution in [0.25, 0.3) is 0 Å². The molecule has 1 aliphatic rings. The first kappa shape index (κ1) is 19.4. The first-order valence-electron chi connectivity index (χ1n) is 9.02. The van der Waals surface area contributed by atoms with Gasteiger partial charge in [0.15, 0.2) is 0 Å². The zero-order valence-corrected chi connectivity index (χ0v) is 15.8. The molecule has 1 saturated heterocycles. The Kier molecular flexibility index (Phi) is 5.63. The van der Waals surface area contributed by atoms with Gasteiger partial charge in [0, 0.05) is 0 Å². The van der Waals surface area contributed by atoms with E-state index in [0.717, 1.165) is 5.56 Å². The Bertz CT molecular complexity index is 883. The Labute approximate surface area is 163 Å². The molecule has 3 amide bonds. The van der Waals surface area contributed by atoms with Crippen molar-refractivity contribution in [1.82, 2.24) is 10.2 Å². The van der Waals surface area contributed by atoms with Gasteiger partial charge < -0.3 is 14.8 Å². The molecule has 0 aromatic heterocycles. The Morgan fingerprint density at radius 3 is 2.54 bits per heavy atom. The van der Waals surface area contributed by atoms with Gasteiger partial charge in [-0.25, -0.2) is 9.59 Å². The average molecular weight is 382 g/mol. The van der Waals surface area contributed by atoms with E-state index in [-0.39, 0.29) is 19.1 Å². The molecule has 7 nitrogen and oxygen atoms in total. The number of nitrogens with zero attached hydrogens (tertiary/aromatic N) is 1. The van der Waals surface area contributed by atoms with Crippen molar-refractivity contribution in [2.45, 2.75) is 18.9 Å². The molecular weight excluding hydrogens is 360 g/mol. The molecule has 3 rings (SSSR count). The van der Waals surface area contributed by atoms with Crippen LogP contribution < -0.4 is 10.1 Å². The second-order valence-electron chi connectivity index (χ2n) is 6.38. The van der Waals surface area contributed by atoms with E-state index in [9.17, 15) is 14.4 Å². The number of carbonyl (C=O) groups is 3. The van der Waals surface area contributed by atoms with Crippen molar-refractivity contribution >= 4 is 17.9 Å². The van der Waals surface area contributed by atoms with Crippen LogP contribution in [0.3, 0.4) is 0 Å². The molecule has 1 atom stereocenters. The second-order valence-corrected chi connectivity index (χ2v) is 6.38. The third-order valence-electron chi connectivity index (χ3n) is 4.81. The van der Waals surface area contributed by atoms with Gasteiger partial charge in [-0.2, -0.15) is 0 Å². The van der Waals surface area contributed by atoms with Gasteiger partial charge in [0.25, 0.3) is 5.91 Å². The predicted molar refractivity (Wildman–Crippen MR) is 102 cm³/mol. The summed E-state index contributed by atoms with van der Waals surface area (Å²) in [5, 5.41) is 2.83. The van der Waals surface area contributed by atoms with Gasteiger partial charge in [0.2, 0.25) is 0 Å². The minimum atomic E-state index is -1.05. The Morgan fingerprint density at radius 2 is 1.86 bits per heavy atom. The predicted octanol–water partition coefficient (Wildman–Crippen LogP) is 2.71. The normalized spacial score (nSPS) is 18.7. The van der Waals surface area contributed by atoms with E-state index in [1.54, 1.807) is 24.3 Å². The van der Waals surface area contributed by atoms with Crippen molar-refractivity contribution in [2.75, 3.05) is 20.3 Å². The molecule has 0 bridgehead atoms. The third kappa shape index (κ3) is 3.55. The van der Waals surface area contributed by atoms with Crippen LogP contribution >= 0.6 is 0 Å². The van der Waals surface area contributed by atoms with Gasteiger partial charge in [-0.05, 0) is 30.2 Å².